The molecule has 1 aromatic carbocycles. The lowest BCUT2D eigenvalue weighted by Gasteiger charge is -2.37. The highest BCUT2D eigenvalue weighted by atomic mass is 16.2. The summed E-state index contributed by atoms with van der Waals surface area (Å²) in [6.07, 6.45) is 5.08. The summed E-state index contributed by atoms with van der Waals surface area (Å²) in [6, 6.07) is 11.0. The Balaban J connectivity index is 1.34. The number of benzene rings is 1. The first kappa shape index (κ1) is 15.6. The molecular weight excluding hydrogens is 298 g/mol. The highest BCUT2D eigenvalue weighted by Crippen LogP contribution is 2.32. The summed E-state index contributed by atoms with van der Waals surface area (Å²) in [5.41, 5.74) is 2.33. The van der Waals surface area contributed by atoms with E-state index in [1.54, 1.807) is 0 Å². The zero-order chi connectivity index (χ0) is 16.5. The number of pyridine rings is 1. The number of carbonyl (C=O) groups is 1. The van der Waals surface area contributed by atoms with Gasteiger partial charge in [-0.05, 0) is 48.9 Å². The van der Waals surface area contributed by atoms with Gasteiger partial charge in [-0.3, -0.25) is 9.78 Å². The fourth-order valence-electron chi connectivity index (χ4n) is 3.72. The Morgan fingerprint density at radius 3 is 2.96 bits per heavy atom. The van der Waals surface area contributed by atoms with Crippen molar-refractivity contribution >= 4 is 16.8 Å². The summed E-state index contributed by atoms with van der Waals surface area (Å²) >= 11 is 0. The quantitative estimate of drug-likeness (QED) is 0.941. The average Bonchev–Trinajstić information content (AvgIpc) is 3.45. The largest absolute Gasteiger partial charge is 0.342 e. The van der Waals surface area contributed by atoms with Crippen LogP contribution in [0.15, 0.2) is 36.5 Å². The molecule has 0 bridgehead atoms. The number of carbonyl (C=O) groups excluding carboxylic acids is 1. The summed E-state index contributed by atoms with van der Waals surface area (Å²) in [6.45, 7) is 4.93. The van der Waals surface area contributed by atoms with Crippen molar-refractivity contribution in [1.82, 2.24) is 15.2 Å². The Morgan fingerprint density at radius 2 is 2.17 bits per heavy atom. The first-order valence-electron chi connectivity index (χ1n) is 9.06. The number of hydrogen-bond donors (Lipinski definition) is 1. The van der Waals surface area contributed by atoms with Gasteiger partial charge in [0.05, 0.1) is 5.52 Å². The van der Waals surface area contributed by atoms with Crippen LogP contribution >= 0.6 is 0 Å². The minimum absolute atomic E-state index is 0.341. The van der Waals surface area contributed by atoms with Gasteiger partial charge in [0.2, 0.25) is 5.91 Å². The molecule has 4 heteroatoms. The van der Waals surface area contributed by atoms with E-state index in [0.29, 0.717) is 23.8 Å². The standard InChI is InChI=1S/C20H25N3O/c1-14-13-23(20(24)16-5-6-16)10-8-18(14)22-12-15-4-7-19-17(11-15)3-2-9-21-19/h2-4,7,9,11,14,16,18,22H,5-6,8,10,12-13H2,1H3/t14-,18-/m0/s1. The van der Waals surface area contributed by atoms with Crippen molar-refractivity contribution in [2.45, 2.75) is 38.8 Å². The molecule has 2 aliphatic rings. The van der Waals surface area contributed by atoms with Gasteiger partial charge in [0.1, 0.15) is 0 Å². The minimum atomic E-state index is 0.341. The number of hydrogen-bond acceptors (Lipinski definition) is 3. The molecule has 24 heavy (non-hydrogen) atoms. The molecule has 4 nitrogen and oxygen atoms in total. The monoisotopic (exact) mass is 323 g/mol. The normalized spacial score (nSPS) is 24.3. The first-order valence-corrected chi connectivity index (χ1v) is 9.06. The van der Waals surface area contributed by atoms with E-state index in [-0.39, 0.29) is 0 Å². The Morgan fingerprint density at radius 1 is 1.29 bits per heavy atom. The fourth-order valence-corrected chi connectivity index (χ4v) is 3.72. The van der Waals surface area contributed by atoms with E-state index in [4.69, 9.17) is 0 Å². The van der Waals surface area contributed by atoms with E-state index in [0.717, 1.165) is 44.4 Å². The van der Waals surface area contributed by atoms with Crippen LogP contribution in [0.3, 0.4) is 0 Å². The predicted octanol–water partition coefficient (Wildman–Crippen LogP) is 2.97. The van der Waals surface area contributed by atoms with E-state index in [9.17, 15) is 4.79 Å². The van der Waals surface area contributed by atoms with Crippen molar-refractivity contribution in [3.8, 4) is 0 Å². The van der Waals surface area contributed by atoms with Crippen LogP contribution in [0.4, 0.5) is 0 Å². The third-order valence-corrected chi connectivity index (χ3v) is 5.38. The number of fused-ring (bicyclic) bond motifs is 1. The maximum atomic E-state index is 12.2. The second-order valence-electron chi connectivity index (χ2n) is 7.34. The number of nitrogens with zero attached hydrogens (tertiary/aromatic N) is 2. The molecule has 1 aliphatic carbocycles. The van der Waals surface area contributed by atoms with Gasteiger partial charge in [-0.25, -0.2) is 0 Å². The van der Waals surface area contributed by atoms with Gasteiger partial charge in [-0.2, -0.15) is 0 Å². The van der Waals surface area contributed by atoms with Gasteiger partial charge in [-0.15, -0.1) is 0 Å². The molecule has 2 heterocycles. The smallest absolute Gasteiger partial charge is 0.225 e. The lowest BCUT2D eigenvalue weighted by atomic mass is 9.93. The van der Waals surface area contributed by atoms with Crippen LogP contribution < -0.4 is 5.32 Å². The number of rotatable bonds is 4. The van der Waals surface area contributed by atoms with Crippen LogP contribution in [0.5, 0.6) is 0 Å². The van der Waals surface area contributed by atoms with Gasteiger partial charge in [-0.1, -0.05) is 19.1 Å². The third-order valence-electron chi connectivity index (χ3n) is 5.38. The lowest BCUT2D eigenvalue weighted by Crippen LogP contribution is -2.50. The van der Waals surface area contributed by atoms with Crippen LogP contribution in [-0.4, -0.2) is 34.9 Å². The maximum absolute atomic E-state index is 12.2. The molecule has 2 atom stereocenters. The molecule has 2 fully saturated rings. The summed E-state index contributed by atoms with van der Waals surface area (Å²) in [5.74, 6) is 1.24. The van der Waals surface area contributed by atoms with Crippen molar-refractivity contribution in [2.24, 2.45) is 11.8 Å². The predicted molar refractivity (Wildman–Crippen MR) is 95.5 cm³/mol. The van der Waals surface area contributed by atoms with Gasteiger partial charge in [0, 0.05) is 43.2 Å². The summed E-state index contributed by atoms with van der Waals surface area (Å²) < 4.78 is 0. The Bertz CT molecular complexity index is 740. The van der Waals surface area contributed by atoms with Gasteiger partial charge in [0.25, 0.3) is 0 Å². The van der Waals surface area contributed by atoms with Crippen LogP contribution in [0.2, 0.25) is 0 Å². The van der Waals surface area contributed by atoms with Crippen molar-refractivity contribution < 1.29 is 4.79 Å². The minimum Gasteiger partial charge on any atom is -0.342 e. The van der Waals surface area contributed by atoms with Gasteiger partial charge < -0.3 is 10.2 Å². The van der Waals surface area contributed by atoms with E-state index < -0.39 is 0 Å². The molecule has 0 radical (unpaired) electrons. The zero-order valence-electron chi connectivity index (χ0n) is 14.2. The highest BCUT2D eigenvalue weighted by molar-refractivity contribution is 5.81. The number of aromatic nitrogens is 1. The molecular formula is C20H25N3O. The number of amides is 1. The summed E-state index contributed by atoms with van der Waals surface area (Å²) in [7, 11) is 0. The molecule has 0 unspecified atom stereocenters. The van der Waals surface area contributed by atoms with E-state index in [1.165, 1.54) is 10.9 Å². The molecule has 4 rings (SSSR count). The Labute approximate surface area is 143 Å². The lowest BCUT2D eigenvalue weighted by molar-refractivity contribution is -0.134. The molecule has 2 aromatic rings. The van der Waals surface area contributed by atoms with Crippen molar-refractivity contribution in [2.75, 3.05) is 13.1 Å². The SMILES string of the molecule is C[C@H]1CN(C(=O)C2CC2)CC[C@@H]1NCc1ccc2ncccc2c1. The Kier molecular flexibility index (Phi) is 4.23. The van der Waals surface area contributed by atoms with Crippen LogP contribution in [0, 0.1) is 11.8 Å². The third kappa shape index (κ3) is 3.29. The topological polar surface area (TPSA) is 45.2 Å². The number of likely N-dealkylation sites (tertiary alicyclic amines) is 1. The Hall–Kier alpha value is -1.94. The molecule has 126 valence electrons. The molecule has 1 aromatic heterocycles. The van der Waals surface area contributed by atoms with E-state index in [2.05, 4.69) is 46.4 Å². The second-order valence-corrected chi connectivity index (χ2v) is 7.34. The number of piperidine rings is 1. The van der Waals surface area contributed by atoms with E-state index in [1.807, 2.05) is 12.3 Å². The molecule has 1 amide bonds. The number of nitrogens with one attached hydrogen (secondary N) is 1. The maximum Gasteiger partial charge on any atom is 0.225 e. The summed E-state index contributed by atoms with van der Waals surface area (Å²) in [5, 5.41) is 4.89. The summed E-state index contributed by atoms with van der Waals surface area (Å²) in [4.78, 5) is 18.7. The van der Waals surface area contributed by atoms with Crippen LogP contribution in [0.25, 0.3) is 10.9 Å². The van der Waals surface area contributed by atoms with Gasteiger partial charge in [0.15, 0.2) is 0 Å². The second kappa shape index (κ2) is 6.52. The molecule has 1 saturated carbocycles. The van der Waals surface area contributed by atoms with Crippen molar-refractivity contribution in [3.63, 3.8) is 0 Å². The molecule has 0 spiro atoms. The van der Waals surface area contributed by atoms with Gasteiger partial charge >= 0.3 is 0 Å². The first-order chi connectivity index (χ1) is 11.7. The van der Waals surface area contributed by atoms with Crippen LogP contribution in [0.1, 0.15) is 31.7 Å². The van der Waals surface area contributed by atoms with Crippen LogP contribution in [-0.2, 0) is 11.3 Å². The van der Waals surface area contributed by atoms with E-state index >= 15 is 0 Å². The van der Waals surface area contributed by atoms with Crippen molar-refractivity contribution in [3.05, 3.63) is 42.1 Å². The average molecular weight is 323 g/mol. The molecule has 1 aliphatic heterocycles. The highest BCUT2D eigenvalue weighted by Gasteiger charge is 2.36. The fraction of sp³-hybridized carbons (Fsp3) is 0.500. The molecule has 1 N–H and O–H groups in total. The zero-order valence-corrected chi connectivity index (χ0v) is 14.2. The molecule has 1 saturated heterocycles. The van der Waals surface area contributed by atoms with Crippen molar-refractivity contribution in [1.29, 1.82) is 0 Å².